The lowest BCUT2D eigenvalue weighted by molar-refractivity contribution is -0.119. The van der Waals surface area contributed by atoms with Crippen LogP contribution in [0.1, 0.15) is 24.5 Å². The number of nitrogens with one attached hydrogen (secondary N) is 1. The van der Waals surface area contributed by atoms with Crippen LogP contribution < -0.4 is 10.5 Å². The number of hydrogen-bond acceptors (Lipinski definition) is 4. The smallest absolute Gasteiger partial charge is 0.231 e. The molecule has 2 fully saturated rings. The molecular formula is C23H25FN4O2. The van der Waals surface area contributed by atoms with Crippen molar-refractivity contribution in [3.63, 3.8) is 0 Å². The van der Waals surface area contributed by atoms with Crippen molar-refractivity contribution in [1.82, 2.24) is 14.9 Å². The number of hydrogen-bond donors (Lipinski definition) is 2. The van der Waals surface area contributed by atoms with Crippen molar-refractivity contribution in [3.05, 3.63) is 48.0 Å². The van der Waals surface area contributed by atoms with Crippen molar-refractivity contribution in [2.75, 3.05) is 26.7 Å². The Bertz CT molecular complexity index is 1100. The number of fused-ring (bicyclic) bond motifs is 2. The van der Waals surface area contributed by atoms with E-state index in [-0.39, 0.29) is 11.7 Å². The van der Waals surface area contributed by atoms with Gasteiger partial charge in [-0.25, -0.2) is 9.37 Å². The Morgan fingerprint density at radius 1 is 1.23 bits per heavy atom. The van der Waals surface area contributed by atoms with Crippen molar-refractivity contribution in [2.45, 2.75) is 18.8 Å². The molecule has 0 spiro atoms. The number of pyridine rings is 1. The Morgan fingerprint density at radius 2 is 2.00 bits per heavy atom. The van der Waals surface area contributed by atoms with Gasteiger partial charge in [-0.2, -0.15) is 0 Å². The Kier molecular flexibility index (Phi) is 4.70. The summed E-state index contributed by atoms with van der Waals surface area (Å²) in [6, 6.07) is 8.63. The molecule has 156 valence electrons. The summed E-state index contributed by atoms with van der Waals surface area (Å²) < 4.78 is 19.4. The van der Waals surface area contributed by atoms with Gasteiger partial charge in [0.25, 0.3) is 0 Å². The lowest BCUT2D eigenvalue weighted by Gasteiger charge is -2.16. The molecule has 1 saturated heterocycles. The Labute approximate surface area is 174 Å². The number of benzene rings is 1. The van der Waals surface area contributed by atoms with Gasteiger partial charge in [0.1, 0.15) is 17.2 Å². The number of halogens is 1. The summed E-state index contributed by atoms with van der Waals surface area (Å²) in [6.45, 7) is 2.23. The standard InChI is InChI=1S/C23H25FN4O2/c1-30-21-3-2-16(24)8-18(21)17-4-5-26-23-19(17)9-20(27-23)13-6-14-10-28(12-22(25)29)11-15(14)7-13/h2-5,8-9,13-15H,6-7,10-12H2,1H3,(H2,25,29)(H,26,27). The van der Waals surface area contributed by atoms with E-state index in [1.54, 1.807) is 19.4 Å². The summed E-state index contributed by atoms with van der Waals surface area (Å²) in [6.07, 6.45) is 3.92. The minimum atomic E-state index is -0.296. The number of aromatic nitrogens is 2. The fraction of sp³-hybridized carbons (Fsp3) is 0.391. The average Bonchev–Trinajstić information content (AvgIpc) is 3.39. The van der Waals surface area contributed by atoms with Crippen LogP contribution in [0.25, 0.3) is 22.2 Å². The Balaban J connectivity index is 1.43. The number of primary amides is 1. The summed E-state index contributed by atoms with van der Waals surface area (Å²) in [7, 11) is 1.59. The quantitative estimate of drug-likeness (QED) is 0.679. The van der Waals surface area contributed by atoms with E-state index in [1.165, 1.54) is 17.8 Å². The van der Waals surface area contributed by atoms with E-state index >= 15 is 0 Å². The fourth-order valence-corrected chi connectivity index (χ4v) is 5.39. The maximum atomic E-state index is 14.0. The molecule has 1 aromatic carbocycles. The van der Waals surface area contributed by atoms with Crippen LogP contribution in [0.4, 0.5) is 4.39 Å². The van der Waals surface area contributed by atoms with Gasteiger partial charge in [-0.3, -0.25) is 9.69 Å². The molecule has 0 radical (unpaired) electrons. The van der Waals surface area contributed by atoms with E-state index in [0.29, 0.717) is 30.0 Å². The van der Waals surface area contributed by atoms with Crippen molar-refractivity contribution in [3.8, 4) is 16.9 Å². The normalized spacial score (nSPS) is 23.7. The van der Waals surface area contributed by atoms with Crippen LogP contribution in [0.15, 0.2) is 36.5 Å². The maximum Gasteiger partial charge on any atom is 0.231 e. The summed E-state index contributed by atoms with van der Waals surface area (Å²) >= 11 is 0. The van der Waals surface area contributed by atoms with Crippen LogP contribution in [-0.4, -0.2) is 47.5 Å². The highest BCUT2D eigenvalue weighted by atomic mass is 19.1. The number of amides is 1. The van der Waals surface area contributed by atoms with Crippen LogP contribution in [0.2, 0.25) is 0 Å². The van der Waals surface area contributed by atoms with Gasteiger partial charge in [-0.05, 0) is 66.5 Å². The fourth-order valence-electron chi connectivity index (χ4n) is 5.39. The van der Waals surface area contributed by atoms with E-state index in [1.807, 2.05) is 6.07 Å². The van der Waals surface area contributed by atoms with Crippen molar-refractivity contribution in [2.24, 2.45) is 17.6 Å². The van der Waals surface area contributed by atoms with E-state index in [4.69, 9.17) is 10.5 Å². The molecule has 1 saturated carbocycles. The molecule has 30 heavy (non-hydrogen) atoms. The second kappa shape index (κ2) is 7.40. The van der Waals surface area contributed by atoms with Gasteiger partial charge in [0, 0.05) is 35.9 Å². The van der Waals surface area contributed by atoms with Crippen LogP contribution in [0.3, 0.4) is 0 Å². The van der Waals surface area contributed by atoms with Crippen LogP contribution in [0, 0.1) is 17.7 Å². The first-order valence-electron chi connectivity index (χ1n) is 10.3. The van der Waals surface area contributed by atoms with Gasteiger partial charge in [0.15, 0.2) is 0 Å². The molecule has 1 aliphatic heterocycles. The number of ether oxygens (including phenoxy) is 1. The number of methoxy groups -OCH3 is 1. The van der Waals surface area contributed by atoms with Crippen molar-refractivity contribution < 1.29 is 13.9 Å². The van der Waals surface area contributed by atoms with E-state index in [0.717, 1.165) is 48.1 Å². The molecule has 3 heterocycles. The van der Waals surface area contributed by atoms with Gasteiger partial charge < -0.3 is 15.5 Å². The first-order valence-corrected chi connectivity index (χ1v) is 10.3. The minimum Gasteiger partial charge on any atom is -0.496 e. The van der Waals surface area contributed by atoms with Crippen molar-refractivity contribution >= 4 is 16.9 Å². The Morgan fingerprint density at radius 3 is 2.70 bits per heavy atom. The number of nitrogens with two attached hydrogens (primary N) is 1. The number of H-pyrrole nitrogens is 1. The van der Waals surface area contributed by atoms with Crippen LogP contribution in [-0.2, 0) is 4.79 Å². The predicted molar refractivity (Wildman–Crippen MR) is 113 cm³/mol. The second-order valence-corrected chi connectivity index (χ2v) is 8.54. The summed E-state index contributed by atoms with van der Waals surface area (Å²) in [4.78, 5) is 21.4. The zero-order chi connectivity index (χ0) is 20.8. The van der Waals surface area contributed by atoms with Crippen LogP contribution in [0.5, 0.6) is 5.75 Å². The molecule has 7 heteroatoms. The number of likely N-dealkylation sites (tertiary alicyclic amines) is 1. The third-order valence-corrected chi connectivity index (χ3v) is 6.65. The van der Waals surface area contributed by atoms with Gasteiger partial charge in [0.2, 0.25) is 5.91 Å². The average molecular weight is 408 g/mol. The molecule has 1 amide bonds. The Hall–Kier alpha value is -2.93. The number of carbonyl (C=O) groups excluding carboxylic acids is 1. The van der Waals surface area contributed by atoms with Gasteiger partial charge >= 0.3 is 0 Å². The maximum absolute atomic E-state index is 14.0. The first-order chi connectivity index (χ1) is 14.5. The summed E-state index contributed by atoms with van der Waals surface area (Å²) in [5.41, 5.74) is 8.97. The third kappa shape index (κ3) is 3.33. The predicted octanol–water partition coefficient (Wildman–Crippen LogP) is 3.29. The topological polar surface area (TPSA) is 84.2 Å². The second-order valence-electron chi connectivity index (χ2n) is 8.54. The lowest BCUT2D eigenvalue weighted by atomic mass is 9.99. The summed E-state index contributed by atoms with van der Waals surface area (Å²) in [5.74, 6) is 1.71. The lowest BCUT2D eigenvalue weighted by Crippen LogP contribution is -2.32. The number of rotatable bonds is 5. The van der Waals surface area contributed by atoms with Gasteiger partial charge in [0.05, 0.1) is 13.7 Å². The molecule has 3 aromatic rings. The zero-order valence-electron chi connectivity index (χ0n) is 16.9. The van der Waals surface area contributed by atoms with Crippen molar-refractivity contribution in [1.29, 1.82) is 0 Å². The number of aromatic amines is 1. The molecule has 2 unspecified atom stereocenters. The largest absolute Gasteiger partial charge is 0.496 e. The molecule has 1 aliphatic carbocycles. The van der Waals surface area contributed by atoms with E-state index < -0.39 is 0 Å². The molecule has 5 rings (SSSR count). The number of carbonyl (C=O) groups is 1. The zero-order valence-corrected chi connectivity index (χ0v) is 16.9. The molecule has 0 bridgehead atoms. The van der Waals surface area contributed by atoms with Gasteiger partial charge in [-0.1, -0.05) is 0 Å². The SMILES string of the molecule is COc1ccc(F)cc1-c1ccnc2[nH]c(C3CC4CN(CC(N)=O)CC4C3)cc12. The van der Waals surface area contributed by atoms with E-state index in [9.17, 15) is 9.18 Å². The monoisotopic (exact) mass is 408 g/mol. The number of nitrogens with zero attached hydrogens (tertiary/aromatic N) is 2. The molecule has 2 atom stereocenters. The highest BCUT2D eigenvalue weighted by Crippen LogP contribution is 2.47. The highest BCUT2D eigenvalue weighted by Gasteiger charge is 2.41. The molecular weight excluding hydrogens is 383 g/mol. The molecule has 2 aromatic heterocycles. The minimum absolute atomic E-state index is 0.256. The summed E-state index contributed by atoms with van der Waals surface area (Å²) in [5, 5.41) is 0.976. The molecule has 3 N–H and O–H groups in total. The van der Waals surface area contributed by atoms with E-state index in [2.05, 4.69) is 20.9 Å². The molecule has 6 nitrogen and oxygen atoms in total. The first kappa shape index (κ1) is 19.1. The third-order valence-electron chi connectivity index (χ3n) is 6.65. The molecule has 2 aliphatic rings. The van der Waals surface area contributed by atoms with Gasteiger partial charge in [-0.15, -0.1) is 0 Å². The highest BCUT2D eigenvalue weighted by molar-refractivity contribution is 5.95. The van der Waals surface area contributed by atoms with Crippen LogP contribution >= 0.6 is 0 Å².